The molecule has 0 spiro atoms. The summed E-state index contributed by atoms with van der Waals surface area (Å²) in [6.07, 6.45) is -6.85. The van der Waals surface area contributed by atoms with E-state index in [1.807, 2.05) is 0 Å². The number of thiazole rings is 1. The third kappa shape index (κ3) is 5.58. The van der Waals surface area contributed by atoms with Crippen molar-refractivity contribution < 1.29 is 31.2 Å². The summed E-state index contributed by atoms with van der Waals surface area (Å²) in [7, 11) is 1.17. The van der Waals surface area contributed by atoms with E-state index >= 15 is 0 Å². The van der Waals surface area contributed by atoms with Gasteiger partial charge in [0.15, 0.2) is 15.9 Å². The summed E-state index contributed by atoms with van der Waals surface area (Å²) in [6.45, 7) is 0. The fourth-order valence-electron chi connectivity index (χ4n) is 1.09. The predicted octanol–water partition coefficient (Wildman–Crippen LogP) is 4.70. The van der Waals surface area contributed by atoms with Gasteiger partial charge in [0.05, 0.1) is 11.1 Å². The van der Waals surface area contributed by atoms with Gasteiger partial charge in [0.1, 0.15) is 7.11 Å². The summed E-state index contributed by atoms with van der Waals surface area (Å²) < 4.78 is 74.3. The van der Waals surface area contributed by atoms with Crippen LogP contribution in [0.15, 0.2) is 21.4 Å². The van der Waals surface area contributed by atoms with Gasteiger partial charge in [-0.3, -0.25) is 0 Å². The molecule has 0 saturated heterocycles. The van der Waals surface area contributed by atoms with Gasteiger partial charge < -0.3 is 4.84 Å². The summed E-state index contributed by atoms with van der Waals surface area (Å²) >= 11 is 1.41. The van der Waals surface area contributed by atoms with E-state index < -0.39 is 30.2 Å². The van der Waals surface area contributed by atoms with Gasteiger partial charge in [-0.05, 0) is 0 Å². The molecule has 3 nitrogen and oxygen atoms in total. The predicted molar refractivity (Wildman–Crippen MR) is 67.4 cm³/mol. The Morgan fingerprint density at radius 3 is 2.57 bits per heavy atom. The molecular weight excluding hydrogens is 342 g/mol. The van der Waals surface area contributed by atoms with Crippen molar-refractivity contribution in [2.75, 3.05) is 12.9 Å². The Kier molecular flexibility index (Phi) is 6.52. The number of rotatable bonds is 6. The van der Waals surface area contributed by atoms with Gasteiger partial charge in [-0.15, -0.1) is 11.3 Å². The molecule has 118 valence electrons. The molecule has 0 amide bonds. The van der Waals surface area contributed by atoms with Crippen molar-refractivity contribution in [1.82, 2.24) is 4.98 Å². The van der Waals surface area contributed by atoms with E-state index in [0.717, 1.165) is 18.0 Å². The van der Waals surface area contributed by atoms with Crippen LogP contribution < -0.4 is 0 Å². The molecule has 0 aliphatic rings. The molecule has 11 heteroatoms. The van der Waals surface area contributed by atoms with Crippen molar-refractivity contribution in [3.05, 3.63) is 22.5 Å². The van der Waals surface area contributed by atoms with E-state index in [1.165, 1.54) is 7.11 Å². The minimum atomic E-state index is -4.68. The van der Waals surface area contributed by atoms with Crippen LogP contribution in [0.3, 0.4) is 0 Å². The number of aromatic nitrogens is 1. The number of nitrogens with zero attached hydrogens (tertiary/aromatic N) is 2. The molecule has 1 rings (SSSR count). The summed E-state index contributed by atoms with van der Waals surface area (Å²) in [5.74, 6) is -1.74. The summed E-state index contributed by atoms with van der Waals surface area (Å²) in [5, 5.41) is 3.23. The first-order valence-corrected chi connectivity index (χ1v) is 7.03. The third-order valence-electron chi connectivity index (χ3n) is 1.93. The number of hydrogen-bond donors (Lipinski definition) is 0. The van der Waals surface area contributed by atoms with Crippen LogP contribution in [0.1, 0.15) is 17.0 Å². The Bertz CT molecular complexity index is 536. The summed E-state index contributed by atoms with van der Waals surface area (Å²) in [6, 6.07) is 0. The lowest BCUT2D eigenvalue weighted by atomic mass is 10.4. The maximum atomic E-state index is 12.7. The van der Waals surface area contributed by atoms with Gasteiger partial charge in [-0.25, -0.2) is 9.37 Å². The maximum Gasteiger partial charge on any atom is 0.434 e. The van der Waals surface area contributed by atoms with Crippen molar-refractivity contribution in [2.24, 2.45) is 5.16 Å². The molecular formula is C10H8F6N2OS2. The third-order valence-corrected chi connectivity index (χ3v) is 4.06. The van der Waals surface area contributed by atoms with E-state index in [9.17, 15) is 26.3 Å². The lowest BCUT2D eigenvalue weighted by Gasteiger charge is -2.02. The van der Waals surface area contributed by atoms with Crippen LogP contribution in [-0.4, -0.2) is 24.1 Å². The van der Waals surface area contributed by atoms with Crippen LogP contribution in [-0.2, 0) is 11.0 Å². The quantitative estimate of drug-likeness (QED) is 0.323. The fourth-order valence-corrected chi connectivity index (χ4v) is 3.13. The molecule has 0 bridgehead atoms. The Balaban J connectivity index is 2.83. The second kappa shape index (κ2) is 7.69. The van der Waals surface area contributed by atoms with Crippen molar-refractivity contribution in [3.63, 3.8) is 0 Å². The van der Waals surface area contributed by atoms with Crippen LogP contribution >= 0.6 is 23.1 Å². The van der Waals surface area contributed by atoms with Crippen molar-refractivity contribution >= 4 is 29.3 Å². The van der Waals surface area contributed by atoms with Gasteiger partial charge >= 0.3 is 12.3 Å². The first kappa shape index (κ1) is 17.8. The fraction of sp³-hybridized carbons (Fsp3) is 0.400. The van der Waals surface area contributed by atoms with E-state index in [4.69, 9.17) is 0 Å². The zero-order chi connectivity index (χ0) is 16.0. The molecule has 0 saturated carbocycles. The van der Waals surface area contributed by atoms with E-state index in [-0.39, 0.29) is 15.0 Å². The molecule has 0 radical (unpaired) electrons. The smallest absolute Gasteiger partial charge is 0.399 e. The van der Waals surface area contributed by atoms with Crippen LogP contribution in [0.5, 0.6) is 0 Å². The molecule has 0 N–H and O–H groups in total. The zero-order valence-corrected chi connectivity index (χ0v) is 12.0. The summed E-state index contributed by atoms with van der Waals surface area (Å²) in [5.41, 5.74) is -1.15. The molecule has 0 aromatic carbocycles. The monoisotopic (exact) mass is 350 g/mol. The number of alkyl halides is 3. The Hall–Kier alpha value is -1.23. The molecule has 0 aliphatic carbocycles. The minimum Gasteiger partial charge on any atom is -0.399 e. The highest BCUT2D eigenvalue weighted by atomic mass is 32.2. The molecule has 1 heterocycles. The largest absolute Gasteiger partial charge is 0.434 e. The summed E-state index contributed by atoms with van der Waals surface area (Å²) in [4.78, 5) is 7.38. The second-order valence-electron chi connectivity index (χ2n) is 3.37. The van der Waals surface area contributed by atoms with Crippen molar-refractivity contribution in [3.8, 4) is 0 Å². The van der Waals surface area contributed by atoms with E-state index in [0.29, 0.717) is 11.3 Å². The molecule has 1 aromatic heterocycles. The van der Waals surface area contributed by atoms with E-state index in [1.54, 1.807) is 0 Å². The Morgan fingerprint density at radius 2 is 2.05 bits per heavy atom. The van der Waals surface area contributed by atoms with Gasteiger partial charge in [0.2, 0.25) is 0 Å². The topological polar surface area (TPSA) is 34.5 Å². The maximum absolute atomic E-state index is 12.7. The van der Waals surface area contributed by atoms with Crippen molar-refractivity contribution in [2.45, 2.75) is 16.9 Å². The highest BCUT2D eigenvalue weighted by Crippen LogP contribution is 2.37. The number of allylic oxidation sites excluding steroid dienone is 1. The molecule has 21 heavy (non-hydrogen) atoms. The molecule has 1 aromatic rings. The first-order chi connectivity index (χ1) is 9.75. The highest BCUT2D eigenvalue weighted by molar-refractivity contribution is 8.01. The molecule has 0 aliphatic heterocycles. The Morgan fingerprint density at radius 1 is 1.38 bits per heavy atom. The van der Waals surface area contributed by atoms with Crippen LogP contribution in [0.4, 0.5) is 26.3 Å². The van der Waals surface area contributed by atoms with Gasteiger partial charge in [-0.1, -0.05) is 16.9 Å². The lowest BCUT2D eigenvalue weighted by Crippen LogP contribution is -2.08. The van der Waals surface area contributed by atoms with Gasteiger partial charge in [-0.2, -0.15) is 22.0 Å². The zero-order valence-electron chi connectivity index (χ0n) is 10.4. The van der Waals surface area contributed by atoms with Gasteiger partial charge in [0.25, 0.3) is 0 Å². The molecule has 0 fully saturated rings. The molecule has 0 atom stereocenters. The SMILES string of the molecule is CO/N=C/c1sc(SCCC(F)=C(F)F)nc1C(F)(F)F. The highest BCUT2D eigenvalue weighted by Gasteiger charge is 2.37. The first-order valence-electron chi connectivity index (χ1n) is 5.22. The van der Waals surface area contributed by atoms with Crippen LogP contribution in [0, 0.1) is 0 Å². The number of halogens is 6. The lowest BCUT2D eigenvalue weighted by molar-refractivity contribution is -0.141. The normalized spacial score (nSPS) is 12.0. The average Bonchev–Trinajstić information content (AvgIpc) is 2.79. The number of hydrogen-bond acceptors (Lipinski definition) is 5. The van der Waals surface area contributed by atoms with Crippen molar-refractivity contribution in [1.29, 1.82) is 0 Å². The molecule has 0 unspecified atom stereocenters. The minimum absolute atomic E-state index is 0.0213. The number of thioether (sulfide) groups is 1. The average molecular weight is 350 g/mol. The Labute approximate surface area is 123 Å². The van der Waals surface area contributed by atoms with E-state index in [2.05, 4.69) is 15.0 Å². The standard InChI is InChI=1S/C10H8F6N2OS2/c1-19-17-4-6-7(10(14,15)16)18-9(21-6)20-3-2-5(11)8(12)13/h4H,2-3H2,1H3/b17-4+. The van der Waals surface area contributed by atoms with Crippen LogP contribution in [0.25, 0.3) is 0 Å². The second-order valence-corrected chi connectivity index (χ2v) is 5.74. The van der Waals surface area contributed by atoms with Crippen LogP contribution in [0.2, 0.25) is 0 Å². The number of oxime groups is 1. The van der Waals surface area contributed by atoms with Gasteiger partial charge in [0, 0.05) is 12.2 Å².